The van der Waals surface area contributed by atoms with Crippen molar-refractivity contribution in [3.05, 3.63) is 42.2 Å². The molecule has 1 heterocycles. The van der Waals surface area contributed by atoms with Crippen LogP contribution < -0.4 is 5.32 Å². The van der Waals surface area contributed by atoms with Gasteiger partial charge in [0, 0.05) is 6.54 Å². The molecule has 0 spiro atoms. The molecule has 0 aliphatic rings. The third kappa shape index (κ3) is 5.68. The molecule has 0 bridgehead atoms. The van der Waals surface area contributed by atoms with Crippen molar-refractivity contribution in [2.24, 2.45) is 0 Å². The van der Waals surface area contributed by atoms with Gasteiger partial charge in [-0.05, 0) is 25.1 Å². The van der Waals surface area contributed by atoms with Crippen LogP contribution in [-0.4, -0.2) is 21.5 Å². The number of hydrogen-bond donors (Lipinski definition) is 1. The van der Waals surface area contributed by atoms with E-state index >= 15 is 0 Å². The fourth-order valence-electron chi connectivity index (χ4n) is 2.31. The summed E-state index contributed by atoms with van der Waals surface area (Å²) >= 11 is 0. The molecule has 1 N–H and O–H groups in total. The van der Waals surface area contributed by atoms with Gasteiger partial charge in [-0.2, -0.15) is 15.0 Å². The summed E-state index contributed by atoms with van der Waals surface area (Å²) < 4.78 is 0. The molecular weight excluding hydrogens is 260 g/mol. The predicted octanol–water partition coefficient (Wildman–Crippen LogP) is 3.72. The molecular formula is C17H26N4. The Kier molecular flexibility index (Phi) is 6.95. The lowest BCUT2D eigenvalue weighted by Gasteiger charge is -2.02. The van der Waals surface area contributed by atoms with Crippen molar-refractivity contribution in [1.29, 1.82) is 0 Å². The lowest BCUT2D eigenvalue weighted by molar-refractivity contribution is 0.567. The number of benzene rings is 1. The van der Waals surface area contributed by atoms with Crippen LogP contribution in [-0.2, 0) is 6.54 Å². The fraction of sp³-hybridized carbons (Fsp3) is 0.529. The molecule has 0 aliphatic carbocycles. The standard InChI is InChI=1S/C17H26N4/c1-2-3-4-5-6-10-13-18-14-16-15-19-21(20-16)17-11-8-7-9-12-17/h7-9,11-12,15,18H,2-6,10,13-14H2,1H3. The Hall–Kier alpha value is -1.68. The first kappa shape index (κ1) is 15.7. The highest BCUT2D eigenvalue weighted by Crippen LogP contribution is 2.05. The Bertz CT molecular complexity index is 493. The number of para-hydroxylation sites is 1. The minimum Gasteiger partial charge on any atom is -0.311 e. The van der Waals surface area contributed by atoms with Gasteiger partial charge in [0.05, 0.1) is 17.6 Å². The molecule has 0 fully saturated rings. The molecule has 114 valence electrons. The Morgan fingerprint density at radius 3 is 2.57 bits per heavy atom. The summed E-state index contributed by atoms with van der Waals surface area (Å²) in [5.41, 5.74) is 1.99. The van der Waals surface area contributed by atoms with E-state index in [9.17, 15) is 0 Å². The number of rotatable bonds is 10. The third-order valence-corrected chi connectivity index (χ3v) is 3.54. The average Bonchev–Trinajstić information content (AvgIpc) is 3.00. The second-order valence-electron chi connectivity index (χ2n) is 5.41. The zero-order valence-corrected chi connectivity index (χ0v) is 13.0. The zero-order valence-electron chi connectivity index (χ0n) is 13.0. The van der Waals surface area contributed by atoms with Gasteiger partial charge in [-0.25, -0.2) is 0 Å². The normalized spacial score (nSPS) is 10.9. The van der Waals surface area contributed by atoms with E-state index in [2.05, 4.69) is 22.4 Å². The first-order valence-corrected chi connectivity index (χ1v) is 8.07. The molecule has 0 saturated heterocycles. The molecule has 0 unspecified atom stereocenters. The van der Waals surface area contributed by atoms with E-state index in [0.29, 0.717) is 0 Å². The summed E-state index contributed by atoms with van der Waals surface area (Å²) in [5.74, 6) is 0. The van der Waals surface area contributed by atoms with Crippen LogP contribution in [0.1, 0.15) is 51.1 Å². The Morgan fingerprint density at radius 1 is 1.00 bits per heavy atom. The maximum Gasteiger partial charge on any atom is 0.0969 e. The van der Waals surface area contributed by atoms with Gasteiger partial charge in [0.25, 0.3) is 0 Å². The van der Waals surface area contributed by atoms with Gasteiger partial charge in [0.1, 0.15) is 0 Å². The number of aromatic nitrogens is 3. The second-order valence-corrected chi connectivity index (χ2v) is 5.41. The highest BCUT2D eigenvalue weighted by Gasteiger charge is 2.01. The van der Waals surface area contributed by atoms with Crippen LogP contribution >= 0.6 is 0 Å². The summed E-state index contributed by atoms with van der Waals surface area (Å²) in [6.45, 7) is 4.11. The van der Waals surface area contributed by atoms with Crippen molar-refractivity contribution >= 4 is 0 Å². The van der Waals surface area contributed by atoms with Crippen LogP contribution in [0, 0.1) is 0 Å². The lowest BCUT2D eigenvalue weighted by atomic mass is 10.1. The fourth-order valence-corrected chi connectivity index (χ4v) is 2.31. The molecule has 2 aromatic rings. The summed E-state index contributed by atoms with van der Waals surface area (Å²) in [4.78, 5) is 1.68. The molecule has 0 radical (unpaired) electrons. The van der Waals surface area contributed by atoms with Gasteiger partial charge in [-0.3, -0.25) is 0 Å². The monoisotopic (exact) mass is 286 g/mol. The van der Waals surface area contributed by atoms with E-state index in [-0.39, 0.29) is 0 Å². The second kappa shape index (κ2) is 9.29. The van der Waals surface area contributed by atoms with Crippen LogP contribution in [0.5, 0.6) is 0 Å². The van der Waals surface area contributed by atoms with Crippen molar-refractivity contribution in [3.63, 3.8) is 0 Å². The summed E-state index contributed by atoms with van der Waals surface area (Å²) in [5, 5.41) is 12.2. The molecule has 0 atom stereocenters. The zero-order chi connectivity index (χ0) is 14.8. The Balaban J connectivity index is 1.63. The average molecular weight is 286 g/mol. The van der Waals surface area contributed by atoms with E-state index in [1.165, 1.54) is 38.5 Å². The quantitative estimate of drug-likeness (QED) is 0.677. The maximum atomic E-state index is 4.48. The molecule has 21 heavy (non-hydrogen) atoms. The molecule has 0 amide bonds. The van der Waals surface area contributed by atoms with Gasteiger partial charge in [-0.15, -0.1) is 0 Å². The molecule has 0 saturated carbocycles. The molecule has 1 aromatic heterocycles. The maximum absolute atomic E-state index is 4.48. The van der Waals surface area contributed by atoms with E-state index < -0.39 is 0 Å². The van der Waals surface area contributed by atoms with E-state index in [1.807, 2.05) is 36.5 Å². The van der Waals surface area contributed by atoms with Crippen LogP contribution in [0.15, 0.2) is 36.5 Å². The summed E-state index contributed by atoms with van der Waals surface area (Å²) in [6, 6.07) is 10.0. The number of hydrogen-bond acceptors (Lipinski definition) is 3. The first-order chi connectivity index (χ1) is 10.4. The largest absolute Gasteiger partial charge is 0.311 e. The van der Waals surface area contributed by atoms with Crippen LogP contribution in [0.3, 0.4) is 0 Å². The SMILES string of the molecule is CCCCCCCCNCc1cnn(-c2ccccc2)n1. The number of nitrogens with one attached hydrogen (secondary N) is 1. The Morgan fingerprint density at radius 2 is 1.76 bits per heavy atom. The van der Waals surface area contributed by atoms with Gasteiger partial charge < -0.3 is 5.32 Å². The van der Waals surface area contributed by atoms with Gasteiger partial charge in [0.2, 0.25) is 0 Å². The molecule has 4 heteroatoms. The van der Waals surface area contributed by atoms with Gasteiger partial charge in [0.15, 0.2) is 0 Å². The molecule has 4 nitrogen and oxygen atoms in total. The van der Waals surface area contributed by atoms with Crippen LogP contribution in [0.25, 0.3) is 5.69 Å². The van der Waals surface area contributed by atoms with E-state index in [0.717, 1.165) is 24.5 Å². The lowest BCUT2D eigenvalue weighted by Crippen LogP contribution is -2.15. The molecule has 1 aromatic carbocycles. The van der Waals surface area contributed by atoms with Gasteiger partial charge >= 0.3 is 0 Å². The Labute approximate surface area is 127 Å². The first-order valence-electron chi connectivity index (χ1n) is 8.07. The third-order valence-electron chi connectivity index (χ3n) is 3.54. The van der Waals surface area contributed by atoms with Crippen molar-refractivity contribution in [2.75, 3.05) is 6.54 Å². The van der Waals surface area contributed by atoms with Gasteiger partial charge in [-0.1, -0.05) is 57.2 Å². The van der Waals surface area contributed by atoms with Crippen molar-refractivity contribution < 1.29 is 0 Å². The van der Waals surface area contributed by atoms with Crippen molar-refractivity contribution in [3.8, 4) is 5.69 Å². The van der Waals surface area contributed by atoms with E-state index in [1.54, 1.807) is 4.80 Å². The minimum atomic E-state index is 0.793. The summed E-state index contributed by atoms with van der Waals surface area (Å²) in [7, 11) is 0. The van der Waals surface area contributed by atoms with Crippen LogP contribution in [0.4, 0.5) is 0 Å². The highest BCUT2D eigenvalue weighted by atomic mass is 15.5. The van der Waals surface area contributed by atoms with Crippen molar-refractivity contribution in [1.82, 2.24) is 20.3 Å². The minimum absolute atomic E-state index is 0.793. The smallest absolute Gasteiger partial charge is 0.0969 e. The molecule has 2 rings (SSSR count). The number of nitrogens with zero attached hydrogens (tertiary/aromatic N) is 3. The molecule has 0 aliphatic heterocycles. The van der Waals surface area contributed by atoms with E-state index in [4.69, 9.17) is 0 Å². The number of unbranched alkanes of at least 4 members (excludes halogenated alkanes) is 5. The van der Waals surface area contributed by atoms with Crippen molar-refractivity contribution in [2.45, 2.75) is 52.0 Å². The topological polar surface area (TPSA) is 42.7 Å². The van der Waals surface area contributed by atoms with Crippen LogP contribution in [0.2, 0.25) is 0 Å². The summed E-state index contributed by atoms with van der Waals surface area (Å²) in [6.07, 6.45) is 9.83. The highest BCUT2D eigenvalue weighted by molar-refractivity contribution is 5.28. The predicted molar refractivity (Wildman–Crippen MR) is 86.4 cm³/mol.